The van der Waals surface area contributed by atoms with E-state index in [-0.39, 0.29) is 28.4 Å². The van der Waals surface area contributed by atoms with Gasteiger partial charge in [-0.05, 0) is 48.9 Å². The first kappa shape index (κ1) is 28.0. The highest BCUT2D eigenvalue weighted by Gasteiger charge is 2.32. The van der Waals surface area contributed by atoms with Crippen LogP contribution in [-0.4, -0.2) is 27.6 Å². The monoisotopic (exact) mass is 595 g/mol. The van der Waals surface area contributed by atoms with Gasteiger partial charge >= 0.3 is 0 Å². The van der Waals surface area contributed by atoms with Crippen LogP contribution >= 0.6 is 34.5 Å². The number of nitrogens with one attached hydrogen (secondary N) is 1. The Balaban J connectivity index is 1.69. The molecule has 3 aromatic carbocycles. The Kier molecular flexibility index (Phi) is 8.67. The molecule has 1 atom stereocenters. The fourth-order valence-corrected chi connectivity index (χ4v) is 6.51. The Hall–Kier alpha value is -3.05. The van der Waals surface area contributed by atoms with Gasteiger partial charge in [0.1, 0.15) is 22.2 Å². The zero-order valence-corrected chi connectivity index (χ0v) is 23.8. The van der Waals surface area contributed by atoms with Crippen molar-refractivity contribution in [2.75, 3.05) is 23.8 Å². The number of methoxy groups -OCH3 is 2. The van der Waals surface area contributed by atoms with Gasteiger partial charge in [-0.15, -0.1) is 11.3 Å². The molecule has 4 rings (SSSR count). The fraction of sp³-hybridized carbons (Fsp3) is 0.192. The van der Waals surface area contributed by atoms with Crippen LogP contribution in [0.5, 0.6) is 11.5 Å². The van der Waals surface area contributed by atoms with Crippen molar-refractivity contribution < 1.29 is 22.3 Å². The lowest BCUT2D eigenvalue weighted by Gasteiger charge is -2.24. The van der Waals surface area contributed by atoms with Crippen molar-refractivity contribution in [3.8, 4) is 11.5 Å². The van der Waals surface area contributed by atoms with Gasteiger partial charge < -0.3 is 14.8 Å². The summed E-state index contributed by atoms with van der Waals surface area (Å²) in [4.78, 5) is 3.59. The first-order chi connectivity index (χ1) is 18.1. The van der Waals surface area contributed by atoms with Crippen LogP contribution < -0.4 is 19.1 Å². The first-order valence-corrected chi connectivity index (χ1v) is 14.4. The molecule has 0 aliphatic heterocycles. The number of sulfonamides is 1. The number of nitrogens with zero attached hydrogens (tertiary/aromatic N) is 2. The largest absolute Gasteiger partial charge is 0.497 e. The van der Waals surface area contributed by atoms with E-state index in [2.05, 4.69) is 10.3 Å². The maximum absolute atomic E-state index is 15.4. The van der Waals surface area contributed by atoms with Crippen LogP contribution in [0.3, 0.4) is 0 Å². The molecule has 0 unspecified atom stereocenters. The molecule has 38 heavy (non-hydrogen) atoms. The predicted octanol–water partition coefficient (Wildman–Crippen LogP) is 7.17. The van der Waals surface area contributed by atoms with Gasteiger partial charge in [-0.3, -0.25) is 0 Å². The predicted molar refractivity (Wildman–Crippen MR) is 150 cm³/mol. The van der Waals surface area contributed by atoms with Crippen molar-refractivity contribution >= 4 is 55.4 Å². The average molecular weight is 597 g/mol. The summed E-state index contributed by atoms with van der Waals surface area (Å²) in [5, 5.41) is 5.57. The molecule has 0 fully saturated rings. The number of halogens is 3. The first-order valence-electron chi connectivity index (χ1n) is 11.3. The number of anilines is 2. The number of hydrogen-bond donors (Lipinski definition) is 1. The lowest BCUT2D eigenvalue weighted by Crippen LogP contribution is -2.31. The maximum Gasteiger partial charge on any atom is 0.269 e. The molecule has 0 radical (unpaired) electrons. The molecule has 0 aliphatic carbocycles. The number of hydrogen-bond acceptors (Lipinski definition) is 7. The second-order valence-electron chi connectivity index (χ2n) is 8.18. The van der Waals surface area contributed by atoms with Crippen molar-refractivity contribution in [2.24, 2.45) is 0 Å². The van der Waals surface area contributed by atoms with Gasteiger partial charge in [-0.25, -0.2) is 22.1 Å². The molecular formula is C26H24Cl2FN3O4S2. The molecule has 12 heteroatoms. The number of ether oxygens (including phenoxy) is 2. The highest BCUT2D eigenvalue weighted by atomic mass is 35.5. The SMILES string of the molecule is COc1ccc(CN(c2nccs2)S(=O)(=O)c2cc(Cl)c(N[C@@H](C)c3ccc(Cl)cc3)cc2F)c(OC)c1. The summed E-state index contributed by atoms with van der Waals surface area (Å²) < 4.78 is 54.8. The fourth-order valence-electron chi connectivity index (χ4n) is 3.76. The Morgan fingerprint density at radius 3 is 2.45 bits per heavy atom. The van der Waals surface area contributed by atoms with Gasteiger partial charge in [0, 0.05) is 34.3 Å². The third kappa shape index (κ3) is 5.99. The van der Waals surface area contributed by atoms with Crippen LogP contribution in [0.2, 0.25) is 10.0 Å². The van der Waals surface area contributed by atoms with Crippen molar-refractivity contribution in [3.63, 3.8) is 0 Å². The third-order valence-electron chi connectivity index (χ3n) is 5.77. The Bertz CT molecular complexity index is 1520. The van der Waals surface area contributed by atoms with Gasteiger partial charge in [0.15, 0.2) is 5.13 Å². The summed E-state index contributed by atoms with van der Waals surface area (Å²) in [5.41, 5.74) is 1.68. The summed E-state index contributed by atoms with van der Waals surface area (Å²) >= 11 is 13.5. The Morgan fingerprint density at radius 1 is 1.08 bits per heavy atom. The average Bonchev–Trinajstić information content (AvgIpc) is 3.43. The molecule has 0 saturated heterocycles. The second-order valence-corrected chi connectivity index (χ2v) is 11.7. The van der Waals surface area contributed by atoms with Gasteiger partial charge in [-0.1, -0.05) is 35.3 Å². The van der Waals surface area contributed by atoms with Crippen molar-refractivity contribution in [1.29, 1.82) is 0 Å². The van der Waals surface area contributed by atoms with Gasteiger partial charge in [0.2, 0.25) is 0 Å². The molecule has 7 nitrogen and oxygen atoms in total. The normalized spacial score (nSPS) is 12.2. The second kappa shape index (κ2) is 11.8. The Labute approximate surface area is 234 Å². The van der Waals surface area contributed by atoms with Gasteiger partial charge in [0.25, 0.3) is 10.0 Å². The van der Waals surface area contributed by atoms with Gasteiger partial charge in [0.05, 0.1) is 31.5 Å². The third-order valence-corrected chi connectivity index (χ3v) is 9.00. The minimum Gasteiger partial charge on any atom is -0.497 e. The minimum atomic E-state index is -4.43. The molecule has 0 spiro atoms. The maximum atomic E-state index is 15.4. The highest BCUT2D eigenvalue weighted by molar-refractivity contribution is 7.93. The van der Waals surface area contributed by atoms with Crippen molar-refractivity contribution in [2.45, 2.75) is 24.4 Å². The summed E-state index contributed by atoms with van der Waals surface area (Å²) in [7, 11) is -1.44. The van der Waals surface area contributed by atoms with E-state index in [1.165, 1.54) is 20.4 Å². The molecule has 4 aromatic rings. The van der Waals surface area contributed by atoms with E-state index in [1.807, 2.05) is 19.1 Å². The number of aromatic nitrogens is 1. The van der Waals surface area contributed by atoms with E-state index in [9.17, 15) is 8.42 Å². The summed E-state index contributed by atoms with van der Waals surface area (Å²) in [6.45, 7) is 1.71. The van der Waals surface area contributed by atoms with E-state index < -0.39 is 20.7 Å². The molecule has 0 bridgehead atoms. The topological polar surface area (TPSA) is 80.8 Å². The van der Waals surface area contributed by atoms with E-state index in [0.717, 1.165) is 33.3 Å². The molecule has 0 amide bonds. The van der Waals surface area contributed by atoms with Crippen LogP contribution in [0.15, 0.2) is 71.1 Å². The van der Waals surface area contributed by atoms with E-state index >= 15 is 4.39 Å². The summed E-state index contributed by atoms with van der Waals surface area (Å²) in [5.74, 6) is 0.00167. The van der Waals surface area contributed by atoms with Crippen LogP contribution in [-0.2, 0) is 16.6 Å². The van der Waals surface area contributed by atoms with E-state index in [4.69, 9.17) is 32.7 Å². The standard InChI is InChI=1S/C26H24Cl2FN3O4S2/c1-16(17-4-7-19(27)8-5-17)31-23-14-22(29)25(13-21(23)28)38(33,34)32(26-30-10-11-37-26)15-18-6-9-20(35-2)12-24(18)36-3/h4-14,16,31H,15H2,1-3H3/t16-/m0/s1. The lowest BCUT2D eigenvalue weighted by atomic mass is 10.1. The smallest absolute Gasteiger partial charge is 0.269 e. The van der Waals surface area contributed by atoms with Crippen molar-refractivity contribution in [1.82, 2.24) is 4.98 Å². The number of rotatable bonds is 10. The number of thiazole rings is 1. The molecule has 200 valence electrons. The minimum absolute atomic E-state index is 0.0481. The summed E-state index contributed by atoms with van der Waals surface area (Å²) in [6.07, 6.45) is 1.47. The quantitative estimate of drug-likeness (QED) is 0.209. The van der Waals surface area contributed by atoms with E-state index in [1.54, 1.807) is 35.7 Å². The Morgan fingerprint density at radius 2 is 1.82 bits per heavy atom. The van der Waals surface area contributed by atoms with Crippen LogP contribution in [0, 0.1) is 5.82 Å². The molecular weight excluding hydrogens is 572 g/mol. The lowest BCUT2D eigenvalue weighted by molar-refractivity contribution is 0.391. The van der Waals surface area contributed by atoms with Crippen LogP contribution in [0.1, 0.15) is 24.1 Å². The summed E-state index contributed by atoms with van der Waals surface area (Å²) in [6, 6.07) is 14.1. The zero-order chi connectivity index (χ0) is 27.4. The molecule has 0 saturated carbocycles. The van der Waals surface area contributed by atoms with Crippen molar-refractivity contribution in [3.05, 3.63) is 93.2 Å². The highest BCUT2D eigenvalue weighted by Crippen LogP contribution is 2.36. The molecule has 1 heterocycles. The van der Waals surface area contributed by atoms with Gasteiger partial charge in [-0.2, -0.15) is 0 Å². The van der Waals surface area contributed by atoms with Crippen LogP contribution in [0.25, 0.3) is 0 Å². The molecule has 1 aromatic heterocycles. The van der Waals surface area contributed by atoms with E-state index in [0.29, 0.717) is 22.1 Å². The van der Waals surface area contributed by atoms with Crippen LogP contribution in [0.4, 0.5) is 15.2 Å². The molecule has 0 aliphatic rings. The number of benzene rings is 3. The molecule has 1 N–H and O–H groups in total. The zero-order valence-electron chi connectivity index (χ0n) is 20.6.